The summed E-state index contributed by atoms with van der Waals surface area (Å²) in [4.78, 5) is 0.214. The van der Waals surface area contributed by atoms with Crippen molar-refractivity contribution in [1.82, 2.24) is 4.72 Å². The van der Waals surface area contributed by atoms with E-state index in [1.807, 2.05) is 12.1 Å². The molecule has 0 unspecified atom stereocenters. The van der Waals surface area contributed by atoms with E-state index in [2.05, 4.69) is 16.9 Å². The third kappa shape index (κ3) is 5.91. The minimum absolute atomic E-state index is 0.214. The first-order valence-corrected chi connectivity index (χ1v) is 9.81. The second-order valence-corrected chi connectivity index (χ2v) is 7.80. The van der Waals surface area contributed by atoms with Crippen LogP contribution in [-0.4, -0.2) is 26.7 Å². The second-order valence-electron chi connectivity index (χ2n) is 5.60. The summed E-state index contributed by atoms with van der Waals surface area (Å²) in [6.07, 6.45) is 3.36. The van der Waals surface area contributed by atoms with Crippen molar-refractivity contribution in [3.8, 4) is 0 Å². The number of hydrogen-bond acceptors (Lipinski definition) is 3. The van der Waals surface area contributed by atoms with Gasteiger partial charge in [0.25, 0.3) is 0 Å². The Morgan fingerprint density at radius 2 is 1.46 bits per heavy atom. The first-order valence-electron chi connectivity index (χ1n) is 7.95. The molecule has 0 radical (unpaired) electrons. The molecular weight excluding hydrogens is 346 g/mol. The molecule has 4 nitrogen and oxygen atoms in total. The molecule has 0 aromatic heterocycles. The molecule has 0 saturated heterocycles. The molecule has 0 spiro atoms. The van der Waals surface area contributed by atoms with Crippen molar-refractivity contribution in [2.45, 2.75) is 30.6 Å². The van der Waals surface area contributed by atoms with Gasteiger partial charge in [-0.15, -0.1) is 0 Å². The number of halogens is 1. The molecular formula is C18H22ClNO3S. The molecule has 0 bridgehead atoms. The highest BCUT2D eigenvalue weighted by atomic mass is 35.5. The van der Waals surface area contributed by atoms with Crippen LogP contribution < -0.4 is 4.72 Å². The van der Waals surface area contributed by atoms with Gasteiger partial charge in [0.1, 0.15) is 0 Å². The molecule has 0 heterocycles. The van der Waals surface area contributed by atoms with Crippen LogP contribution in [0.25, 0.3) is 0 Å². The molecule has 0 fully saturated rings. The van der Waals surface area contributed by atoms with E-state index in [-0.39, 0.29) is 11.5 Å². The maximum Gasteiger partial charge on any atom is 0.240 e. The normalized spacial score (nSPS) is 11.6. The van der Waals surface area contributed by atoms with Crippen LogP contribution in [0.1, 0.15) is 24.0 Å². The van der Waals surface area contributed by atoms with Crippen LogP contribution in [0.3, 0.4) is 0 Å². The van der Waals surface area contributed by atoms with Gasteiger partial charge in [0.15, 0.2) is 0 Å². The molecule has 24 heavy (non-hydrogen) atoms. The van der Waals surface area contributed by atoms with Crippen LogP contribution in [0, 0.1) is 0 Å². The number of nitrogens with one attached hydrogen (secondary N) is 1. The minimum atomic E-state index is -3.50. The van der Waals surface area contributed by atoms with Crippen molar-refractivity contribution in [1.29, 1.82) is 0 Å². The summed E-state index contributed by atoms with van der Waals surface area (Å²) >= 11 is 5.77. The van der Waals surface area contributed by atoms with Crippen LogP contribution in [0.2, 0.25) is 5.02 Å². The van der Waals surface area contributed by atoms with E-state index in [9.17, 15) is 8.42 Å². The zero-order valence-electron chi connectivity index (χ0n) is 13.4. The van der Waals surface area contributed by atoms with Crippen molar-refractivity contribution in [3.63, 3.8) is 0 Å². The number of aliphatic hydroxyl groups is 1. The number of hydrogen-bond donors (Lipinski definition) is 2. The fraction of sp³-hybridized carbons (Fsp3) is 0.333. The molecule has 0 amide bonds. The summed E-state index contributed by atoms with van der Waals surface area (Å²) in [5, 5.41) is 9.29. The van der Waals surface area contributed by atoms with Crippen molar-refractivity contribution in [2.75, 3.05) is 13.2 Å². The highest BCUT2D eigenvalue weighted by Gasteiger charge is 2.12. The predicted molar refractivity (Wildman–Crippen MR) is 96.8 cm³/mol. The van der Waals surface area contributed by atoms with Crippen LogP contribution in [-0.2, 0) is 22.9 Å². The highest BCUT2D eigenvalue weighted by Crippen LogP contribution is 2.14. The van der Waals surface area contributed by atoms with E-state index in [0.29, 0.717) is 18.0 Å². The Morgan fingerprint density at radius 3 is 2.04 bits per heavy atom. The maximum absolute atomic E-state index is 12.2. The Labute approximate surface area is 148 Å². The zero-order chi connectivity index (χ0) is 17.4. The number of rotatable bonds is 9. The van der Waals surface area contributed by atoms with Crippen LogP contribution in [0.4, 0.5) is 0 Å². The summed E-state index contributed by atoms with van der Waals surface area (Å²) in [5.74, 6) is 0. The van der Waals surface area contributed by atoms with E-state index >= 15 is 0 Å². The Kier molecular flexibility index (Phi) is 7.24. The van der Waals surface area contributed by atoms with Crippen molar-refractivity contribution < 1.29 is 13.5 Å². The predicted octanol–water partition coefficient (Wildman–Crippen LogP) is 3.18. The summed E-state index contributed by atoms with van der Waals surface area (Å²) in [7, 11) is -3.50. The number of sulfonamides is 1. The monoisotopic (exact) mass is 367 g/mol. The SMILES string of the molecule is O=S(=O)(NCCc1ccc(CCCCO)cc1)c1ccc(Cl)cc1. The van der Waals surface area contributed by atoms with Gasteiger partial charge in [-0.2, -0.15) is 0 Å². The summed E-state index contributed by atoms with van der Waals surface area (Å²) in [5.41, 5.74) is 2.31. The molecule has 0 aliphatic rings. The average molecular weight is 368 g/mol. The third-order valence-corrected chi connectivity index (χ3v) is 5.46. The Balaban J connectivity index is 1.84. The van der Waals surface area contributed by atoms with E-state index < -0.39 is 10.0 Å². The van der Waals surface area contributed by atoms with Gasteiger partial charge in [0.05, 0.1) is 4.90 Å². The van der Waals surface area contributed by atoms with Crippen LogP contribution in [0.15, 0.2) is 53.4 Å². The van der Waals surface area contributed by atoms with E-state index in [4.69, 9.17) is 16.7 Å². The van der Waals surface area contributed by atoms with E-state index in [1.165, 1.54) is 17.7 Å². The maximum atomic E-state index is 12.2. The molecule has 2 aromatic carbocycles. The lowest BCUT2D eigenvalue weighted by molar-refractivity contribution is 0.284. The first-order chi connectivity index (χ1) is 11.5. The number of aryl methyl sites for hydroxylation is 1. The van der Waals surface area contributed by atoms with Crippen molar-refractivity contribution in [2.24, 2.45) is 0 Å². The standard InChI is InChI=1S/C18H22ClNO3S/c19-17-8-10-18(11-9-17)24(22,23)20-13-12-16-6-4-15(5-7-16)3-1-2-14-21/h4-11,20-21H,1-3,12-14H2. The molecule has 0 atom stereocenters. The molecule has 2 N–H and O–H groups in total. The smallest absolute Gasteiger partial charge is 0.240 e. The molecule has 0 aliphatic carbocycles. The number of aliphatic hydroxyl groups excluding tert-OH is 1. The fourth-order valence-corrected chi connectivity index (χ4v) is 3.50. The van der Waals surface area contributed by atoms with Gasteiger partial charge in [-0.05, 0) is 61.1 Å². The minimum Gasteiger partial charge on any atom is -0.396 e. The lowest BCUT2D eigenvalue weighted by atomic mass is 10.0. The Hall–Kier alpha value is -1.40. The van der Waals surface area contributed by atoms with Gasteiger partial charge >= 0.3 is 0 Å². The number of benzene rings is 2. The fourth-order valence-electron chi connectivity index (χ4n) is 2.34. The lowest BCUT2D eigenvalue weighted by Gasteiger charge is -2.08. The van der Waals surface area contributed by atoms with Gasteiger partial charge in [-0.25, -0.2) is 13.1 Å². The van der Waals surface area contributed by atoms with Gasteiger partial charge in [-0.1, -0.05) is 35.9 Å². The Morgan fingerprint density at radius 1 is 0.875 bits per heavy atom. The molecule has 130 valence electrons. The summed E-state index contributed by atoms with van der Waals surface area (Å²) in [6.45, 7) is 0.570. The lowest BCUT2D eigenvalue weighted by Crippen LogP contribution is -2.25. The van der Waals surface area contributed by atoms with Crippen LogP contribution >= 0.6 is 11.6 Å². The van der Waals surface area contributed by atoms with E-state index in [1.54, 1.807) is 12.1 Å². The average Bonchev–Trinajstić information content (AvgIpc) is 2.57. The third-order valence-electron chi connectivity index (χ3n) is 3.73. The number of unbranched alkanes of at least 4 members (excludes halogenated alkanes) is 1. The molecule has 0 aliphatic heterocycles. The summed E-state index contributed by atoms with van der Waals surface area (Å²) in [6, 6.07) is 14.3. The topological polar surface area (TPSA) is 66.4 Å². The van der Waals surface area contributed by atoms with Gasteiger partial charge < -0.3 is 5.11 Å². The molecule has 2 aromatic rings. The van der Waals surface area contributed by atoms with Gasteiger partial charge in [-0.3, -0.25) is 0 Å². The van der Waals surface area contributed by atoms with Crippen molar-refractivity contribution >= 4 is 21.6 Å². The van der Waals surface area contributed by atoms with Crippen LogP contribution in [0.5, 0.6) is 0 Å². The van der Waals surface area contributed by atoms with E-state index in [0.717, 1.165) is 24.8 Å². The summed E-state index contributed by atoms with van der Waals surface area (Å²) < 4.78 is 26.9. The largest absolute Gasteiger partial charge is 0.396 e. The second kappa shape index (κ2) is 9.18. The molecule has 0 saturated carbocycles. The molecule has 6 heteroatoms. The van der Waals surface area contributed by atoms with Gasteiger partial charge in [0, 0.05) is 18.2 Å². The Bertz CT molecular complexity index is 728. The highest BCUT2D eigenvalue weighted by molar-refractivity contribution is 7.89. The first kappa shape index (κ1) is 18.9. The zero-order valence-corrected chi connectivity index (χ0v) is 15.0. The molecule has 2 rings (SSSR count). The van der Waals surface area contributed by atoms with Gasteiger partial charge in [0.2, 0.25) is 10.0 Å². The van der Waals surface area contributed by atoms with Crippen molar-refractivity contribution in [3.05, 3.63) is 64.7 Å². The quantitative estimate of drug-likeness (QED) is 0.669.